The van der Waals surface area contributed by atoms with Gasteiger partial charge in [-0.05, 0) is 29.8 Å². The Labute approximate surface area is 172 Å². The second-order valence-electron chi connectivity index (χ2n) is 6.70. The van der Waals surface area contributed by atoms with E-state index < -0.39 is 51.4 Å². The molecular formula is C21H14O10. The van der Waals surface area contributed by atoms with Crippen molar-refractivity contribution < 1.29 is 45.3 Å². The largest absolute Gasteiger partial charge is 0.507 e. The van der Waals surface area contributed by atoms with Gasteiger partial charge in [-0.25, -0.2) is 0 Å². The topological polar surface area (TPSA) is 192 Å². The highest BCUT2D eigenvalue weighted by Gasteiger charge is 2.22. The van der Waals surface area contributed by atoms with Gasteiger partial charge in [0.25, 0.3) is 0 Å². The molecule has 0 saturated carbocycles. The van der Waals surface area contributed by atoms with Crippen LogP contribution in [0.15, 0.2) is 45.6 Å². The summed E-state index contributed by atoms with van der Waals surface area (Å²) < 4.78 is 5.69. The van der Waals surface area contributed by atoms with Gasteiger partial charge in [-0.15, -0.1) is 0 Å². The number of benzene rings is 3. The van der Waals surface area contributed by atoms with Crippen LogP contribution in [0.4, 0.5) is 0 Å². The van der Waals surface area contributed by atoms with Gasteiger partial charge in [0, 0.05) is 17.7 Å². The van der Waals surface area contributed by atoms with Crippen LogP contribution in [0, 0.1) is 0 Å². The highest BCUT2D eigenvalue weighted by atomic mass is 16.3. The molecule has 0 unspecified atom stereocenters. The van der Waals surface area contributed by atoms with Crippen molar-refractivity contribution in [3.05, 3.63) is 46.6 Å². The van der Waals surface area contributed by atoms with E-state index in [9.17, 15) is 45.6 Å². The molecule has 0 saturated heterocycles. The summed E-state index contributed by atoms with van der Waals surface area (Å²) in [5.41, 5.74) is -1.39. The van der Waals surface area contributed by atoms with Crippen molar-refractivity contribution in [1.29, 1.82) is 0 Å². The van der Waals surface area contributed by atoms with Crippen LogP contribution in [0.5, 0.6) is 46.0 Å². The van der Waals surface area contributed by atoms with Crippen LogP contribution in [0.3, 0.4) is 0 Å². The van der Waals surface area contributed by atoms with Gasteiger partial charge >= 0.3 is 0 Å². The lowest BCUT2D eigenvalue weighted by molar-refractivity contribution is 0.368. The first-order chi connectivity index (χ1) is 14.6. The van der Waals surface area contributed by atoms with Crippen LogP contribution in [-0.2, 0) is 0 Å². The van der Waals surface area contributed by atoms with Gasteiger partial charge in [0.1, 0.15) is 22.6 Å². The van der Waals surface area contributed by atoms with E-state index in [2.05, 4.69) is 0 Å². The molecule has 0 radical (unpaired) electrons. The molecule has 10 nitrogen and oxygen atoms in total. The van der Waals surface area contributed by atoms with Crippen LogP contribution in [0.2, 0.25) is 0 Å². The van der Waals surface area contributed by atoms with E-state index >= 15 is 0 Å². The maximum absolute atomic E-state index is 12.7. The lowest BCUT2D eigenvalue weighted by Gasteiger charge is -2.13. The van der Waals surface area contributed by atoms with Crippen molar-refractivity contribution >= 4 is 11.0 Å². The van der Waals surface area contributed by atoms with Gasteiger partial charge < -0.3 is 45.3 Å². The zero-order valence-electron chi connectivity index (χ0n) is 15.4. The first-order valence-electron chi connectivity index (χ1n) is 8.62. The van der Waals surface area contributed by atoms with Crippen LogP contribution < -0.4 is 5.43 Å². The number of phenolic OH excluding ortho intramolecular Hbond substituents is 8. The monoisotopic (exact) mass is 426 g/mol. The van der Waals surface area contributed by atoms with Gasteiger partial charge in [0.2, 0.25) is 0 Å². The Bertz CT molecular complexity index is 1390. The SMILES string of the molecule is O=c1cc(-c2cc(O)c(O)c(O)c2)oc2c(-c3cc(O)c(O)c(O)c3)c(O)cc(O)c12. The predicted octanol–water partition coefficient (Wildman–Crippen LogP) is 2.77. The third kappa shape index (κ3) is 3.02. The minimum Gasteiger partial charge on any atom is -0.507 e. The minimum atomic E-state index is -0.802. The Morgan fingerprint density at radius 3 is 1.55 bits per heavy atom. The number of rotatable bonds is 2. The maximum Gasteiger partial charge on any atom is 0.200 e. The molecule has 158 valence electrons. The van der Waals surface area contributed by atoms with E-state index in [1.54, 1.807) is 0 Å². The van der Waals surface area contributed by atoms with Crippen molar-refractivity contribution in [2.75, 3.05) is 0 Å². The van der Waals surface area contributed by atoms with E-state index in [4.69, 9.17) is 4.42 Å². The fourth-order valence-corrected chi connectivity index (χ4v) is 3.22. The van der Waals surface area contributed by atoms with Gasteiger partial charge in [-0.3, -0.25) is 4.79 Å². The van der Waals surface area contributed by atoms with Crippen molar-refractivity contribution in [2.45, 2.75) is 0 Å². The van der Waals surface area contributed by atoms with Crippen molar-refractivity contribution in [3.63, 3.8) is 0 Å². The molecule has 0 spiro atoms. The average molecular weight is 426 g/mol. The highest BCUT2D eigenvalue weighted by molar-refractivity contribution is 6.00. The zero-order valence-corrected chi connectivity index (χ0v) is 15.4. The highest BCUT2D eigenvalue weighted by Crippen LogP contribution is 2.46. The molecule has 10 heteroatoms. The van der Waals surface area contributed by atoms with Gasteiger partial charge in [-0.2, -0.15) is 0 Å². The number of hydrogen-bond donors (Lipinski definition) is 8. The molecule has 0 fully saturated rings. The summed E-state index contributed by atoms with van der Waals surface area (Å²) in [4.78, 5) is 12.7. The van der Waals surface area contributed by atoms with Crippen LogP contribution >= 0.6 is 0 Å². The van der Waals surface area contributed by atoms with Crippen molar-refractivity contribution in [3.8, 4) is 68.4 Å². The summed E-state index contributed by atoms with van der Waals surface area (Å²) in [7, 11) is 0. The second kappa shape index (κ2) is 6.66. The Hall–Kier alpha value is -4.73. The Morgan fingerprint density at radius 2 is 1.03 bits per heavy atom. The molecule has 4 rings (SSSR count). The summed E-state index contributed by atoms with van der Waals surface area (Å²) in [6.45, 7) is 0. The summed E-state index contributed by atoms with van der Waals surface area (Å²) in [5.74, 6) is -5.80. The first kappa shape index (κ1) is 19.6. The third-order valence-electron chi connectivity index (χ3n) is 4.67. The molecule has 0 aliphatic heterocycles. The normalized spacial score (nSPS) is 11.1. The van der Waals surface area contributed by atoms with Crippen molar-refractivity contribution in [1.82, 2.24) is 0 Å². The molecule has 0 amide bonds. The quantitative estimate of drug-likeness (QED) is 0.221. The predicted molar refractivity (Wildman–Crippen MR) is 107 cm³/mol. The number of hydrogen-bond acceptors (Lipinski definition) is 10. The van der Waals surface area contributed by atoms with E-state index in [0.29, 0.717) is 0 Å². The second-order valence-corrected chi connectivity index (χ2v) is 6.70. The molecule has 1 aromatic heterocycles. The Morgan fingerprint density at radius 1 is 0.548 bits per heavy atom. The summed E-state index contributed by atoms with van der Waals surface area (Å²) >= 11 is 0. The molecule has 0 aliphatic rings. The molecule has 8 N–H and O–H groups in total. The Balaban J connectivity index is 2.10. The molecule has 0 bridgehead atoms. The molecule has 0 aliphatic carbocycles. The smallest absolute Gasteiger partial charge is 0.200 e. The minimum absolute atomic E-state index is 0.0167. The molecule has 1 heterocycles. The summed E-state index contributed by atoms with van der Waals surface area (Å²) in [5, 5.41) is 78.5. The summed E-state index contributed by atoms with van der Waals surface area (Å²) in [6, 6.07) is 5.84. The summed E-state index contributed by atoms with van der Waals surface area (Å²) in [6.07, 6.45) is 0. The fraction of sp³-hybridized carbons (Fsp3) is 0. The van der Waals surface area contributed by atoms with E-state index in [-0.39, 0.29) is 33.4 Å². The van der Waals surface area contributed by atoms with Crippen LogP contribution in [0.25, 0.3) is 33.4 Å². The van der Waals surface area contributed by atoms with Crippen LogP contribution in [0.1, 0.15) is 0 Å². The van der Waals surface area contributed by atoms with Crippen LogP contribution in [-0.4, -0.2) is 40.9 Å². The van der Waals surface area contributed by atoms with Gasteiger partial charge in [-0.1, -0.05) is 0 Å². The van der Waals surface area contributed by atoms with Gasteiger partial charge in [0.05, 0.1) is 5.56 Å². The number of fused-ring (bicyclic) bond motifs is 1. The van der Waals surface area contributed by atoms with E-state index in [0.717, 1.165) is 36.4 Å². The molecule has 4 aromatic rings. The fourth-order valence-electron chi connectivity index (χ4n) is 3.22. The lowest BCUT2D eigenvalue weighted by atomic mass is 9.99. The number of phenols is 8. The van der Waals surface area contributed by atoms with Gasteiger partial charge in [0.15, 0.2) is 45.5 Å². The van der Waals surface area contributed by atoms with E-state index in [1.807, 2.05) is 0 Å². The molecule has 31 heavy (non-hydrogen) atoms. The standard InChI is InChI=1S/C21H14O10/c22-9-5-10(23)18-11(24)6-16(7-1-12(25)19(29)13(26)2-7)31-21(18)17(9)8-3-14(27)20(30)15(28)4-8/h1-6,22-23,25-30H. The molecular weight excluding hydrogens is 412 g/mol. The molecule has 0 atom stereocenters. The third-order valence-corrected chi connectivity index (χ3v) is 4.67. The lowest BCUT2D eigenvalue weighted by Crippen LogP contribution is -2.02. The number of aromatic hydroxyl groups is 8. The average Bonchev–Trinajstić information content (AvgIpc) is 2.69. The zero-order chi connectivity index (χ0) is 22.6. The van der Waals surface area contributed by atoms with Crippen molar-refractivity contribution in [2.24, 2.45) is 0 Å². The molecule has 3 aromatic carbocycles. The van der Waals surface area contributed by atoms with E-state index in [1.165, 1.54) is 0 Å². The maximum atomic E-state index is 12.7. The first-order valence-corrected chi connectivity index (χ1v) is 8.62. The Kier molecular flexibility index (Phi) is 4.21.